The van der Waals surface area contributed by atoms with Gasteiger partial charge in [0.25, 0.3) is 0 Å². The highest BCUT2D eigenvalue weighted by Gasteiger charge is 2.07. The van der Waals surface area contributed by atoms with E-state index in [1.165, 1.54) is 17.2 Å². The Kier molecular flexibility index (Phi) is 4.64. The molecule has 0 amide bonds. The molecule has 0 aliphatic rings. The summed E-state index contributed by atoms with van der Waals surface area (Å²) >= 11 is 0. The van der Waals surface area contributed by atoms with Gasteiger partial charge in [0.15, 0.2) is 0 Å². The number of hydrogen-bond donors (Lipinski definition) is 3. The number of aromatic hydroxyl groups is 2. The van der Waals surface area contributed by atoms with Gasteiger partial charge < -0.3 is 15.5 Å². The molecule has 2 aromatic carbocycles. The first-order valence-corrected chi connectivity index (χ1v) is 6.85. The fourth-order valence-corrected chi connectivity index (χ4v) is 2.23. The van der Waals surface area contributed by atoms with E-state index in [0.717, 1.165) is 12.0 Å². The molecule has 2 aromatic rings. The van der Waals surface area contributed by atoms with Crippen LogP contribution in [-0.4, -0.2) is 16.3 Å². The number of hydrogen-bond acceptors (Lipinski definition) is 3. The van der Waals surface area contributed by atoms with Gasteiger partial charge in [0, 0.05) is 24.2 Å². The Labute approximate surface area is 119 Å². The quantitative estimate of drug-likeness (QED) is 0.783. The molecule has 0 fully saturated rings. The summed E-state index contributed by atoms with van der Waals surface area (Å²) in [5, 5.41) is 22.4. The number of rotatable bonds is 5. The smallest absolute Gasteiger partial charge is 0.123 e. The van der Waals surface area contributed by atoms with Crippen molar-refractivity contribution in [3.05, 3.63) is 59.2 Å². The second kappa shape index (κ2) is 6.44. The van der Waals surface area contributed by atoms with E-state index in [0.29, 0.717) is 12.6 Å². The zero-order valence-electron chi connectivity index (χ0n) is 11.9. The van der Waals surface area contributed by atoms with Gasteiger partial charge in [0.05, 0.1) is 0 Å². The largest absolute Gasteiger partial charge is 0.508 e. The lowest BCUT2D eigenvalue weighted by atomic mass is 10.0. The molecule has 20 heavy (non-hydrogen) atoms. The third-order valence-electron chi connectivity index (χ3n) is 3.50. The number of aryl methyl sites for hydroxylation is 1. The average molecular weight is 271 g/mol. The van der Waals surface area contributed by atoms with Crippen LogP contribution in [0.3, 0.4) is 0 Å². The van der Waals surface area contributed by atoms with E-state index in [1.54, 1.807) is 12.1 Å². The monoisotopic (exact) mass is 271 g/mol. The summed E-state index contributed by atoms with van der Waals surface area (Å²) in [7, 11) is 0. The molecule has 3 N–H and O–H groups in total. The highest BCUT2D eigenvalue weighted by Crippen LogP contribution is 2.22. The standard InChI is InChI=1S/C17H21NO2/c1-12-5-3-4-6-14(12)9-13(2)18-11-15-7-8-16(19)10-17(15)20/h3-8,10,13,18-20H,9,11H2,1-2H3. The summed E-state index contributed by atoms with van der Waals surface area (Å²) in [4.78, 5) is 0. The zero-order valence-corrected chi connectivity index (χ0v) is 11.9. The van der Waals surface area contributed by atoms with E-state index in [-0.39, 0.29) is 11.5 Å². The molecule has 0 saturated carbocycles. The molecular weight excluding hydrogens is 250 g/mol. The molecule has 3 nitrogen and oxygen atoms in total. The molecule has 1 unspecified atom stereocenters. The Morgan fingerprint density at radius 3 is 2.50 bits per heavy atom. The summed E-state index contributed by atoms with van der Waals surface area (Å²) in [6, 6.07) is 13.4. The fraction of sp³-hybridized carbons (Fsp3) is 0.294. The van der Waals surface area contributed by atoms with Crippen molar-refractivity contribution in [1.82, 2.24) is 5.32 Å². The van der Waals surface area contributed by atoms with Crippen LogP contribution in [-0.2, 0) is 13.0 Å². The molecule has 2 rings (SSSR count). The lowest BCUT2D eigenvalue weighted by molar-refractivity contribution is 0.440. The van der Waals surface area contributed by atoms with Crippen LogP contribution in [0, 0.1) is 6.92 Å². The Bertz CT molecular complexity index is 581. The minimum absolute atomic E-state index is 0.0826. The SMILES string of the molecule is Cc1ccccc1CC(C)NCc1ccc(O)cc1O. The third kappa shape index (κ3) is 3.75. The highest BCUT2D eigenvalue weighted by molar-refractivity contribution is 5.38. The topological polar surface area (TPSA) is 52.5 Å². The molecule has 1 atom stereocenters. The van der Waals surface area contributed by atoms with Crippen LogP contribution < -0.4 is 5.32 Å². The molecular formula is C17H21NO2. The Morgan fingerprint density at radius 1 is 1.05 bits per heavy atom. The highest BCUT2D eigenvalue weighted by atomic mass is 16.3. The van der Waals surface area contributed by atoms with Crippen LogP contribution in [0.4, 0.5) is 0 Å². The van der Waals surface area contributed by atoms with Crippen LogP contribution in [0.1, 0.15) is 23.6 Å². The zero-order chi connectivity index (χ0) is 14.5. The minimum atomic E-state index is 0.0826. The van der Waals surface area contributed by atoms with Gasteiger partial charge in [-0.1, -0.05) is 30.3 Å². The first kappa shape index (κ1) is 14.4. The van der Waals surface area contributed by atoms with Crippen LogP contribution in [0.5, 0.6) is 11.5 Å². The molecule has 106 valence electrons. The van der Waals surface area contributed by atoms with Gasteiger partial charge >= 0.3 is 0 Å². The van der Waals surface area contributed by atoms with Crippen molar-refractivity contribution in [2.45, 2.75) is 32.9 Å². The predicted molar refractivity (Wildman–Crippen MR) is 81.0 cm³/mol. The van der Waals surface area contributed by atoms with E-state index in [2.05, 4.69) is 37.4 Å². The van der Waals surface area contributed by atoms with Gasteiger partial charge in [-0.15, -0.1) is 0 Å². The van der Waals surface area contributed by atoms with Crippen molar-refractivity contribution >= 4 is 0 Å². The van der Waals surface area contributed by atoms with Crippen molar-refractivity contribution in [3.63, 3.8) is 0 Å². The van der Waals surface area contributed by atoms with Crippen LogP contribution in [0.2, 0.25) is 0 Å². The van der Waals surface area contributed by atoms with Gasteiger partial charge in [-0.25, -0.2) is 0 Å². The van der Waals surface area contributed by atoms with Gasteiger partial charge in [-0.3, -0.25) is 0 Å². The van der Waals surface area contributed by atoms with E-state index in [4.69, 9.17) is 0 Å². The molecule has 0 aliphatic heterocycles. The minimum Gasteiger partial charge on any atom is -0.508 e. The summed E-state index contributed by atoms with van der Waals surface area (Å²) in [6.45, 7) is 4.83. The maximum Gasteiger partial charge on any atom is 0.123 e. The van der Waals surface area contributed by atoms with Crippen molar-refractivity contribution in [2.75, 3.05) is 0 Å². The maximum atomic E-state index is 9.74. The first-order chi connectivity index (χ1) is 9.56. The van der Waals surface area contributed by atoms with E-state index in [1.807, 2.05) is 6.07 Å². The number of phenols is 2. The molecule has 0 aromatic heterocycles. The molecule has 0 aliphatic carbocycles. The van der Waals surface area contributed by atoms with Crippen molar-refractivity contribution in [2.24, 2.45) is 0 Å². The van der Waals surface area contributed by atoms with E-state index < -0.39 is 0 Å². The summed E-state index contributed by atoms with van der Waals surface area (Å²) in [6.07, 6.45) is 0.950. The van der Waals surface area contributed by atoms with Crippen LogP contribution in [0.15, 0.2) is 42.5 Å². The van der Waals surface area contributed by atoms with Crippen LogP contribution in [0.25, 0.3) is 0 Å². The van der Waals surface area contributed by atoms with Crippen molar-refractivity contribution in [1.29, 1.82) is 0 Å². The molecule has 0 spiro atoms. The molecule has 0 saturated heterocycles. The first-order valence-electron chi connectivity index (χ1n) is 6.85. The van der Waals surface area contributed by atoms with E-state index in [9.17, 15) is 10.2 Å². The summed E-state index contributed by atoms with van der Waals surface area (Å²) in [5.41, 5.74) is 3.43. The fourth-order valence-electron chi connectivity index (χ4n) is 2.23. The summed E-state index contributed by atoms with van der Waals surface area (Å²) < 4.78 is 0. The second-order valence-electron chi connectivity index (χ2n) is 5.23. The Hall–Kier alpha value is -2.00. The van der Waals surface area contributed by atoms with Gasteiger partial charge in [0.2, 0.25) is 0 Å². The predicted octanol–water partition coefficient (Wildman–Crippen LogP) is 3.13. The molecule has 0 radical (unpaired) electrons. The Morgan fingerprint density at radius 2 is 1.80 bits per heavy atom. The van der Waals surface area contributed by atoms with Crippen LogP contribution >= 0.6 is 0 Å². The second-order valence-corrected chi connectivity index (χ2v) is 5.23. The average Bonchev–Trinajstić information content (AvgIpc) is 2.40. The molecule has 0 heterocycles. The maximum absolute atomic E-state index is 9.74. The van der Waals surface area contributed by atoms with Gasteiger partial charge in [-0.2, -0.15) is 0 Å². The van der Waals surface area contributed by atoms with Gasteiger partial charge in [-0.05, 0) is 37.5 Å². The third-order valence-corrected chi connectivity index (χ3v) is 3.50. The number of nitrogens with one attached hydrogen (secondary N) is 1. The molecule has 0 bridgehead atoms. The normalized spacial score (nSPS) is 12.3. The number of benzene rings is 2. The lowest BCUT2D eigenvalue weighted by Crippen LogP contribution is -2.27. The van der Waals surface area contributed by atoms with Gasteiger partial charge in [0.1, 0.15) is 11.5 Å². The van der Waals surface area contributed by atoms with Crippen molar-refractivity contribution < 1.29 is 10.2 Å². The molecule has 3 heteroatoms. The lowest BCUT2D eigenvalue weighted by Gasteiger charge is -2.16. The summed E-state index contributed by atoms with van der Waals surface area (Å²) in [5.74, 6) is 0.208. The van der Waals surface area contributed by atoms with E-state index >= 15 is 0 Å². The van der Waals surface area contributed by atoms with Crippen molar-refractivity contribution in [3.8, 4) is 11.5 Å². The Balaban J connectivity index is 1.92. The number of phenolic OH excluding ortho intramolecular Hbond substituents is 2.